The van der Waals surface area contributed by atoms with Crippen LogP contribution < -0.4 is 10.9 Å². The molecule has 1 aromatic heterocycles. The van der Waals surface area contributed by atoms with Crippen LogP contribution in [-0.2, 0) is 13.5 Å². The van der Waals surface area contributed by atoms with Gasteiger partial charge in [-0.25, -0.2) is 9.07 Å². The van der Waals surface area contributed by atoms with Crippen molar-refractivity contribution in [2.45, 2.75) is 43.7 Å². The summed E-state index contributed by atoms with van der Waals surface area (Å²) in [6.45, 7) is 0.858. The summed E-state index contributed by atoms with van der Waals surface area (Å²) in [5.41, 5.74) is -1.36. The molecule has 9 heteroatoms. The van der Waals surface area contributed by atoms with Gasteiger partial charge in [-0.15, -0.1) is 0 Å². The molecule has 0 radical (unpaired) electrons. The van der Waals surface area contributed by atoms with Crippen LogP contribution in [0, 0.1) is 11.7 Å². The lowest BCUT2D eigenvalue weighted by atomic mass is 9.64. The summed E-state index contributed by atoms with van der Waals surface area (Å²) in [6.07, 6.45) is 2.44. The summed E-state index contributed by atoms with van der Waals surface area (Å²) in [4.78, 5) is 25.3. The molecule has 1 aliphatic heterocycles. The molecule has 1 saturated heterocycles. The van der Waals surface area contributed by atoms with Crippen LogP contribution in [-0.4, -0.2) is 38.9 Å². The summed E-state index contributed by atoms with van der Waals surface area (Å²) in [6, 6.07) is 5.12. The zero-order valence-electron chi connectivity index (χ0n) is 16.4. The number of hydrogen-bond donors (Lipinski definition) is 2. The quantitative estimate of drug-likeness (QED) is 0.619. The normalized spacial score (nSPS) is 25.9. The van der Waals surface area contributed by atoms with Gasteiger partial charge in [-0.05, 0) is 49.9 Å². The number of aromatic nitrogens is 2. The number of Topliss-reactive ketones (excluding diaryl/α,β-unsaturated/α-hetero) is 1. The Balaban J connectivity index is 1.64. The maximum absolute atomic E-state index is 14.9. The second kappa shape index (κ2) is 8.15. The summed E-state index contributed by atoms with van der Waals surface area (Å²) in [5, 5.41) is 18.6. The molecule has 1 atom stereocenters. The first-order chi connectivity index (χ1) is 14.2. The minimum atomic E-state index is -0.998. The first-order valence-electron chi connectivity index (χ1n) is 9.89. The minimum absolute atomic E-state index is 0.0209. The Hall–Kier alpha value is -1.61. The van der Waals surface area contributed by atoms with E-state index in [1.165, 1.54) is 7.05 Å². The van der Waals surface area contributed by atoms with E-state index in [-0.39, 0.29) is 29.5 Å². The maximum Gasteiger partial charge on any atom is 0.302 e. The lowest BCUT2D eigenvalue weighted by Gasteiger charge is -2.46. The van der Waals surface area contributed by atoms with Crippen LogP contribution >= 0.6 is 27.5 Å². The summed E-state index contributed by atoms with van der Waals surface area (Å²) >= 11 is 9.59. The molecule has 160 valence electrons. The van der Waals surface area contributed by atoms with E-state index in [1.807, 2.05) is 0 Å². The maximum atomic E-state index is 14.9. The molecule has 2 fully saturated rings. The number of benzene rings is 1. The Bertz CT molecular complexity index is 1060. The molecule has 1 aromatic carbocycles. The van der Waals surface area contributed by atoms with Gasteiger partial charge in [0.15, 0.2) is 11.6 Å². The van der Waals surface area contributed by atoms with E-state index in [2.05, 4.69) is 26.3 Å². The van der Waals surface area contributed by atoms with Crippen molar-refractivity contribution >= 4 is 33.3 Å². The topological polar surface area (TPSA) is 84.2 Å². The fourth-order valence-corrected chi connectivity index (χ4v) is 5.19. The van der Waals surface area contributed by atoms with Crippen LogP contribution in [0.25, 0.3) is 0 Å². The van der Waals surface area contributed by atoms with Crippen molar-refractivity contribution in [3.63, 3.8) is 0 Å². The van der Waals surface area contributed by atoms with Crippen molar-refractivity contribution in [1.82, 2.24) is 15.1 Å². The third-order valence-corrected chi connectivity index (χ3v) is 7.02. The summed E-state index contributed by atoms with van der Waals surface area (Å²) < 4.78 is 16.5. The lowest BCUT2D eigenvalue weighted by molar-refractivity contribution is -0.0858. The molecular weight excluding hydrogens is 477 g/mol. The number of hydrogen-bond acceptors (Lipinski definition) is 5. The van der Waals surface area contributed by atoms with E-state index in [4.69, 9.17) is 11.6 Å². The highest BCUT2D eigenvalue weighted by Crippen LogP contribution is 2.44. The zero-order valence-corrected chi connectivity index (χ0v) is 18.8. The number of aryl methyl sites for hydroxylation is 1. The van der Waals surface area contributed by atoms with E-state index >= 15 is 0 Å². The van der Waals surface area contributed by atoms with E-state index in [1.54, 1.807) is 18.2 Å². The fourth-order valence-electron chi connectivity index (χ4n) is 4.45. The number of carbonyl (C=O) groups excluding carboxylic acids is 1. The van der Waals surface area contributed by atoms with Crippen molar-refractivity contribution < 1.29 is 14.3 Å². The molecule has 2 N–H and O–H groups in total. The van der Waals surface area contributed by atoms with Crippen LogP contribution in [0.4, 0.5) is 4.39 Å². The van der Waals surface area contributed by atoms with E-state index in [0.29, 0.717) is 23.4 Å². The van der Waals surface area contributed by atoms with Gasteiger partial charge in [0.05, 0.1) is 5.60 Å². The standard InChI is InChI=1S/C21H22BrClFN3O3/c1-27-20(29)17(24)14(7-11-4-5-13(22)8-15(11)23)18(26-27)19(28)12-9-21(30,10-12)16-3-2-6-25-16/h4-5,8,12,16,25,30H,2-3,6-7,9-10H2,1H3/t12?,16-,21?/m0/s1. The second-order valence-electron chi connectivity index (χ2n) is 8.20. The van der Waals surface area contributed by atoms with Gasteiger partial charge in [0.1, 0.15) is 5.69 Å². The first kappa shape index (κ1) is 21.6. The van der Waals surface area contributed by atoms with Crippen molar-refractivity contribution in [2.75, 3.05) is 6.54 Å². The van der Waals surface area contributed by atoms with E-state index in [0.717, 1.165) is 28.5 Å². The molecule has 0 amide bonds. The van der Waals surface area contributed by atoms with Gasteiger partial charge in [-0.2, -0.15) is 5.10 Å². The average Bonchev–Trinajstić information content (AvgIpc) is 3.22. The highest BCUT2D eigenvalue weighted by molar-refractivity contribution is 9.10. The third kappa shape index (κ3) is 3.86. The largest absolute Gasteiger partial charge is 0.388 e. The molecule has 0 spiro atoms. The van der Waals surface area contributed by atoms with Crippen molar-refractivity contribution in [2.24, 2.45) is 13.0 Å². The number of nitrogens with zero attached hydrogens (tertiary/aromatic N) is 2. The smallest absolute Gasteiger partial charge is 0.302 e. The van der Waals surface area contributed by atoms with Crippen LogP contribution in [0.15, 0.2) is 27.5 Å². The number of nitrogens with one attached hydrogen (secondary N) is 1. The van der Waals surface area contributed by atoms with Crippen molar-refractivity contribution in [1.29, 1.82) is 0 Å². The molecule has 2 aliphatic rings. The van der Waals surface area contributed by atoms with Gasteiger partial charge in [-0.3, -0.25) is 9.59 Å². The van der Waals surface area contributed by atoms with Gasteiger partial charge in [0.25, 0.3) is 0 Å². The summed E-state index contributed by atoms with van der Waals surface area (Å²) in [7, 11) is 1.32. The minimum Gasteiger partial charge on any atom is -0.388 e. The number of ketones is 1. The SMILES string of the molecule is Cn1nc(C(=O)C2CC(O)([C@@H]3CCCN3)C2)c(Cc2ccc(Br)cc2Cl)c(F)c1=O. The van der Waals surface area contributed by atoms with E-state index < -0.39 is 22.9 Å². The Morgan fingerprint density at radius 1 is 1.47 bits per heavy atom. The number of halogens is 3. The highest BCUT2D eigenvalue weighted by Gasteiger charge is 2.52. The van der Waals surface area contributed by atoms with E-state index in [9.17, 15) is 19.1 Å². The van der Waals surface area contributed by atoms with Crippen molar-refractivity contribution in [3.8, 4) is 0 Å². The second-order valence-corrected chi connectivity index (χ2v) is 9.53. The monoisotopic (exact) mass is 497 g/mol. The van der Waals surface area contributed by atoms with Gasteiger partial charge >= 0.3 is 5.56 Å². The van der Waals surface area contributed by atoms with Gasteiger partial charge < -0.3 is 10.4 Å². The van der Waals surface area contributed by atoms with Crippen molar-refractivity contribution in [3.05, 3.63) is 60.7 Å². The number of rotatable bonds is 5. The fraction of sp³-hybridized carbons (Fsp3) is 0.476. The third-order valence-electron chi connectivity index (χ3n) is 6.18. The van der Waals surface area contributed by atoms with Crippen LogP contribution in [0.5, 0.6) is 0 Å². The highest BCUT2D eigenvalue weighted by atomic mass is 79.9. The Kier molecular flexibility index (Phi) is 5.87. The molecule has 30 heavy (non-hydrogen) atoms. The zero-order chi connectivity index (χ0) is 21.6. The Morgan fingerprint density at radius 3 is 2.83 bits per heavy atom. The predicted octanol–water partition coefficient (Wildman–Crippen LogP) is 3.00. The molecule has 2 aromatic rings. The molecule has 0 bridgehead atoms. The molecule has 0 unspecified atom stereocenters. The van der Waals surface area contributed by atoms with Crippen LogP contribution in [0.2, 0.25) is 5.02 Å². The predicted molar refractivity (Wildman–Crippen MR) is 114 cm³/mol. The van der Waals surface area contributed by atoms with Gasteiger partial charge in [0, 0.05) is 40.5 Å². The molecule has 1 saturated carbocycles. The van der Waals surface area contributed by atoms with Crippen LogP contribution in [0.3, 0.4) is 0 Å². The van der Waals surface area contributed by atoms with Crippen LogP contribution in [0.1, 0.15) is 47.3 Å². The number of carbonyl (C=O) groups is 1. The Morgan fingerprint density at radius 2 is 2.20 bits per heavy atom. The summed E-state index contributed by atoms with van der Waals surface area (Å²) in [5.74, 6) is -1.81. The molecular formula is C21H22BrClFN3O3. The first-order valence-corrected chi connectivity index (χ1v) is 11.1. The number of aliphatic hydroxyl groups is 1. The van der Waals surface area contributed by atoms with Gasteiger partial charge in [0.2, 0.25) is 0 Å². The molecule has 4 rings (SSSR count). The molecule has 2 heterocycles. The molecule has 1 aliphatic carbocycles. The van der Waals surface area contributed by atoms with Gasteiger partial charge in [-0.1, -0.05) is 33.6 Å². The lowest BCUT2D eigenvalue weighted by Crippen LogP contribution is -2.58. The molecule has 6 nitrogen and oxygen atoms in total. The Labute approximate surface area is 186 Å². The average molecular weight is 499 g/mol.